The van der Waals surface area contributed by atoms with E-state index in [1.54, 1.807) is 42.2 Å². The van der Waals surface area contributed by atoms with Gasteiger partial charge in [0.25, 0.3) is 5.91 Å². The van der Waals surface area contributed by atoms with Crippen LogP contribution in [0.25, 0.3) is 11.0 Å². The number of rotatable bonds is 5. The molecule has 0 spiro atoms. The summed E-state index contributed by atoms with van der Waals surface area (Å²) < 4.78 is 16.1. The lowest BCUT2D eigenvalue weighted by Gasteiger charge is -2.20. The van der Waals surface area contributed by atoms with E-state index in [1.807, 2.05) is 0 Å². The van der Waals surface area contributed by atoms with Gasteiger partial charge in [0, 0.05) is 17.6 Å². The van der Waals surface area contributed by atoms with Gasteiger partial charge in [0.05, 0.1) is 37.5 Å². The number of carbonyl (C=O) groups is 3. The number of hydrogen-bond acceptors (Lipinski definition) is 7. The fourth-order valence-electron chi connectivity index (χ4n) is 4.90. The summed E-state index contributed by atoms with van der Waals surface area (Å²) in [6.45, 7) is 2.25. The van der Waals surface area contributed by atoms with Crippen molar-refractivity contribution in [3.05, 3.63) is 57.4 Å². The highest BCUT2D eigenvalue weighted by atomic mass is 16.5. The van der Waals surface area contributed by atoms with Crippen LogP contribution in [0, 0.1) is 6.92 Å². The van der Waals surface area contributed by atoms with Gasteiger partial charge in [-0.25, -0.2) is 4.79 Å². The minimum Gasteiger partial charge on any atom is -0.493 e. The van der Waals surface area contributed by atoms with Crippen molar-refractivity contribution < 1.29 is 28.3 Å². The SMILES string of the molecule is COc1ccc2c(C)c(CC(=O)Nc3ccc4c(c3)C(=O)N3CCCC3C(=O)N4)c(=O)oc2c1OC. The summed E-state index contributed by atoms with van der Waals surface area (Å²) in [7, 11) is 2.94. The zero-order valence-corrected chi connectivity index (χ0v) is 20.1. The summed E-state index contributed by atoms with van der Waals surface area (Å²) in [6.07, 6.45) is 1.16. The smallest absolute Gasteiger partial charge is 0.340 e. The quantitative estimate of drug-likeness (QED) is 0.526. The summed E-state index contributed by atoms with van der Waals surface area (Å²) in [5.74, 6) is -0.184. The Labute approximate surface area is 206 Å². The molecule has 1 atom stereocenters. The van der Waals surface area contributed by atoms with Gasteiger partial charge in [-0.2, -0.15) is 0 Å². The molecule has 36 heavy (non-hydrogen) atoms. The van der Waals surface area contributed by atoms with Gasteiger partial charge in [0.1, 0.15) is 6.04 Å². The number of methoxy groups -OCH3 is 2. The molecule has 2 N–H and O–H groups in total. The van der Waals surface area contributed by atoms with E-state index in [9.17, 15) is 19.2 Å². The second-order valence-corrected chi connectivity index (χ2v) is 8.80. The van der Waals surface area contributed by atoms with Crippen molar-refractivity contribution in [1.82, 2.24) is 4.90 Å². The third-order valence-electron chi connectivity index (χ3n) is 6.74. The van der Waals surface area contributed by atoms with E-state index in [0.717, 1.165) is 6.42 Å². The molecule has 0 bridgehead atoms. The maximum atomic E-state index is 13.1. The molecule has 0 radical (unpaired) electrons. The first-order valence-corrected chi connectivity index (χ1v) is 11.6. The van der Waals surface area contributed by atoms with E-state index < -0.39 is 17.6 Å². The van der Waals surface area contributed by atoms with Crippen LogP contribution in [0.4, 0.5) is 11.4 Å². The van der Waals surface area contributed by atoms with Gasteiger partial charge in [-0.1, -0.05) is 0 Å². The maximum Gasteiger partial charge on any atom is 0.340 e. The Morgan fingerprint density at radius 1 is 1.17 bits per heavy atom. The largest absolute Gasteiger partial charge is 0.493 e. The van der Waals surface area contributed by atoms with Crippen LogP contribution >= 0.6 is 0 Å². The number of fused-ring (bicyclic) bond motifs is 3. The molecular formula is C26H25N3O7. The lowest BCUT2D eigenvalue weighted by atomic mass is 10.0. The highest BCUT2D eigenvalue weighted by Crippen LogP contribution is 2.36. The van der Waals surface area contributed by atoms with Crippen LogP contribution in [0.3, 0.4) is 0 Å². The Kier molecular flexibility index (Phi) is 5.87. The van der Waals surface area contributed by atoms with Gasteiger partial charge in [-0.05, 0) is 55.7 Å². The molecule has 10 heteroatoms. The number of aryl methyl sites for hydroxylation is 1. The molecule has 1 unspecified atom stereocenters. The average molecular weight is 492 g/mol. The number of benzene rings is 2. The van der Waals surface area contributed by atoms with Crippen LogP contribution in [0.15, 0.2) is 39.5 Å². The number of amides is 3. The van der Waals surface area contributed by atoms with Crippen molar-refractivity contribution in [1.29, 1.82) is 0 Å². The number of nitrogens with zero attached hydrogens (tertiary/aromatic N) is 1. The zero-order chi connectivity index (χ0) is 25.6. The van der Waals surface area contributed by atoms with Crippen molar-refractivity contribution in [2.24, 2.45) is 0 Å². The first-order valence-electron chi connectivity index (χ1n) is 11.6. The molecular weight excluding hydrogens is 466 g/mol. The molecule has 3 amide bonds. The lowest BCUT2D eigenvalue weighted by molar-refractivity contribution is -0.119. The molecule has 186 valence electrons. The summed E-state index contributed by atoms with van der Waals surface area (Å²) >= 11 is 0. The average Bonchev–Trinajstić information content (AvgIpc) is 3.33. The van der Waals surface area contributed by atoms with E-state index >= 15 is 0 Å². The third-order valence-corrected chi connectivity index (χ3v) is 6.74. The van der Waals surface area contributed by atoms with E-state index in [-0.39, 0.29) is 29.4 Å². The molecule has 2 aromatic carbocycles. The molecule has 5 rings (SSSR count). The summed E-state index contributed by atoms with van der Waals surface area (Å²) in [4.78, 5) is 52.8. The maximum absolute atomic E-state index is 13.1. The zero-order valence-electron chi connectivity index (χ0n) is 20.1. The van der Waals surface area contributed by atoms with Gasteiger partial charge in [-0.15, -0.1) is 0 Å². The highest BCUT2D eigenvalue weighted by Gasteiger charge is 2.38. The van der Waals surface area contributed by atoms with Crippen LogP contribution < -0.4 is 25.7 Å². The van der Waals surface area contributed by atoms with Crippen LogP contribution in [-0.2, 0) is 16.0 Å². The predicted molar refractivity (Wildman–Crippen MR) is 132 cm³/mol. The minimum atomic E-state index is -0.651. The third kappa shape index (κ3) is 3.84. The van der Waals surface area contributed by atoms with Crippen molar-refractivity contribution in [3.8, 4) is 11.5 Å². The van der Waals surface area contributed by atoms with Crippen molar-refractivity contribution in [3.63, 3.8) is 0 Å². The van der Waals surface area contributed by atoms with Gasteiger partial charge in [0.15, 0.2) is 11.3 Å². The van der Waals surface area contributed by atoms with Crippen molar-refractivity contribution >= 4 is 40.1 Å². The van der Waals surface area contributed by atoms with Gasteiger partial charge < -0.3 is 29.4 Å². The monoisotopic (exact) mass is 491 g/mol. The molecule has 0 saturated carbocycles. The molecule has 0 aliphatic carbocycles. The Bertz CT molecular complexity index is 1480. The summed E-state index contributed by atoms with van der Waals surface area (Å²) in [5, 5.41) is 6.18. The number of ether oxygens (including phenoxy) is 2. The van der Waals surface area contributed by atoms with E-state index in [2.05, 4.69) is 10.6 Å². The predicted octanol–water partition coefficient (Wildman–Crippen LogP) is 2.86. The number of hydrogen-bond donors (Lipinski definition) is 2. The van der Waals surface area contributed by atoms with Gasteiger partial charge in [-0.3, -0.25) is 14.4 Å². The normalized spacial score (nSPS) is 16.8. The summed E-state index contributed by atoms with van der Waals surface area (Å²) in [6, 6.07) is 7.72. The standard InChI is InChI=1S/C26H25N3O7/c1-13-15-7-9-20(34-2)23(35-3)22(15)36-26(33)16(13)12-21(30)27-14-6-8-18-17(11-14)25(32)29-10-4-5-19(29)24(31)28-18/h6-9,11,19H,4-5,10,12H2,1-3H3,(H,27,30)(H,28,31). The molecule has 2 aliphatic heterocycles. The lowest BCUT2D eigenvalue weighted by Crippen LogP contribution is -2.40. The van der Waals surface area contributed by atoms with Crippen LogP contribution in [0.5, 0.6) is 11.5 Å². The minimum absolute atomic E-state index is 0.204. The molecule has 1 fully saturated rings. The van der Waals surface area contributed by atoms with E-state index in [1.165, 1.54) is 14.2 Å². The molecule has 3 aromatic rings. The Balaban J connectivity index is 1.41. The summed E-state index contributed by atoms with van der Waals surface area (Å²) in [5.41, 5.74) is 1.51. The van der Waals surface area contributed by atoms with Crippen molar-refractivity contribution in [2.75, 3.05) is 31.4 Å². The Morgan fingerprint density at radius 3 is 2.72 bits per heavy atom. The number of anilines is 2. The first-order chi connectivity index (χ1) is 17.3. The van der Waals surface area contributed by atoms with Gasteiger partial charge in [0.2, 0.25) is 17.6 Å². The Morgan fingerprint density at radius 2 is 1.97 bits per heavy atom. The van der Waals surface area contributed by atoms with Crippen LogP contribution in [0.1, 0.15) is 34.3 Å². The topological polar surface area (TPSA) is 127 Å². The second-order valence-electron chi connectivity index (χ2n) is 8.80. The number of nitrogens with one attached hydrogen (secondary N) is 2. The van der Waals surface area contributed by atoms with Crippen LogP contribution in [0.2, 0.25) is 0 Å². The molecule has 3 heterocycles. The molecule has 10 nitrogen and oxygen atoms in total. The fraction of sp³-hybridized carbons (Fsp3) is 0.308. The second kappa shape index (κ2) is 9.03. The Hall–Kier alpha value is -4.34. The fourth-order valence-corrected chi connectivity index (χ4v) is 4.90. The van der Waals surface area contributed by atoms with Crippen molar-refractivity contribution in [2.45, 2.75) is 32.2 Å². The molecule has 1 saturated heterocycles. The molecule has 1 aromatic heterocycles. The van der Waals surface area contributed by atoms with Gasteiger partial charge >= 0.3 is 5.63 Å². The molecule has 2 aliphatic rings. The number of carbonyl (C=O) groups excluding carboxylic acids is 3. The highest BCUT2D eigenvalue weighted by molar-refractivity contribution is 6.11. The van der Waals surface area contributed by atoms with Crippen LogP contribution in [-0.4, -0.2) is 49.4 Å². The van der Waals surface area contributed by atoms with E-state index in [0.29, 0.717) is 52.4 Å². The first kappa shape index (κ1) is 23.4. The van der Waals surface area contributed by atoms with E-state index in [4.69, 9.17) is 13.9 Å².